The van der Waals surface area contributed by atoms with Crippen molar-refractivity contribution in [2.24, 2.45) is 29.1 Å². The van der Waals surface area contributed by atoms with Gasteiger partial charge in [-0.3, -0.25) is 0 Å². The predicted octanol–water partition coefficient (Wildman–Crippen LogP) is 4.74. The zero-order valence-electron chi connectivity index (χ0n) is 10.9. The summed E-state index contributed by atoms with van der Waals surface area (Å²) in [4.78, 5) is 0. The molecule has 1 aliphatic rings. The summed E-state index contributed by atoms with van der Waals surface area (Å²) < 4.78 is 0. The van der Waals surface area contributed by atoms with Crippen LogP contribution >= 0.6 is 0 Å². The molecule has 0 aromatic carbocycles. The lowest BCUT2D eigenvalue weighted by molar-refractivity contribution is 0.160. The maximum Gasteiger partial charge on any atom is -0.0321 e. The van der Waals surface area contributed by atoms with Crippen molar-refractivity contribution in [2.45, 2.75) is 60.8 Å². The van der Waals surface area contributed by atoms with Gasteiger partial charge < -0.3 is 0 Å². The molecule has 0 N–H and O–H groups in total. The topological polar surface area (TPSA) is 0 Å². The molecule has 0 aliphatic heterocycles. The Bertz CT molecular complexity index is 180. The summed E-state index contributed by atoms with van der Waals surface area (Å²) in [5.41, 5.74) is 0.553. The van der Waals surface area contributed by atoms with Crippen LogP contribution in [0.25, 0.3) is 0 Å². The maximum atomic E-state index is 2.46. The second-order valence-corrected chi connectivity index (χ2v) is 5.87. The van der Waals surface area contributed by atoms with Gasteiger partial charge in [-0.1, -0.05) is 60.8 Å². The number of hydrogen-bond acceptors (Lipinski definition) is 0. The average Bonchev–Trinajstić information content (AvgIpc) is 2.78. The minimum absolute atomic E-state index is 0.553. The molecule has 14 heavy (non-hydrogen) atoms. The van der Waals surface area contributed by atoms with Gasteiger partial charge in [-0.15, -0.1) is 0 Å². The molecule has 0 spiro atoms. The van der Waals surface area contributed by atoms with Crippen LogP contribution in [0.3, 0.4) is 0 Å². The molecule has 84 valence electrons. The lowest BCUT2D eigenvalue weighted by atomic mass is 9.72. The molecule has 1 saturated carbocycles. The first-order valence-corrected chi connectivity index (χ1v) is 6.49. The third-order valence-corrected chi connectivity index (χ3v) is 4.93. The van der Waals surface area contributed by atoms with Gasteiger partial charge in [-0.25, -0.2) is 0 Å². The molecule has 1 fully saturated rings. The molecular formula is C14H28. The molecule has 0 heterocycles. The first-order valence-electron chi connectivity index (χ1n) is 6.49. The van der Waals surface area contributed by atoms with E-state index in [1.54, 1.807) is 0 Å². The van der Waals surface area contributed by atoms with E-state index < -0.39 is 0 Å². The van der Waals surface area contributed by atoms with E-state index in [2.05, 4.69) is 41.5 Å². The van der Waals surface area contributed by atoms with Crippen LogP contribution in [0.2, 0.25) is 0 Å². The number of rotatable bonds is 5. The van der Waals surface area contributed by atoms with Gasteiger partial charge in [-0.05, 0) is 29.1 Å². The monoisotopic (exact) mass is 196 g/mol. The standard InChI is InChI=1S/C14H28/c1-7-11-10(4)13(11)12(8-2)14(5,6)9-3/h10-13H,7-9H2,1-6H3. The first-order chi connectivity index (χ1) is 6.49. The lowest BCUT2D eigenvalue weighted by Crippen LogP contribution is -2.25. The highest BCUT2D eigenvalue weighted by Crippen LogP contribution is 2.58. The van der Waals surface area contributed by atoms with E-state index >= 15 is 0 Å². The Morgan fingerprint density at radius 1 is 1.14 bits per heavy atom. The van der Waals surface area contributed by atoms with Crippen LogP contribution in [0.15, 0.2) is 0 Å². The van der Waals surface area contributed by atoms with E-state index in [1.807, 2.05) is 0 Å². The van der Waals surface area contributed by atoms with Crippen LogP contribution in [0.4, 0.5) is 0 Å². The zero-order valence-corrected chi connectivity index (χ0v) is 10.9. The Morgan fingerprint density at radius 2 is 1.71 bits per heavy atom. The molecule has 1 aliphatic carbocycles. The van der Waals surface area contributed by atoms with Gasteiger partial charge in [0.1, 0.15) is 0 Å². The minimum atomic E-state index is 0.553. The summed E-state index contributed by atoms with van der Waals surface area (Å²) in [6, 6.07) is 0. The van der Waals surface area contributed by atoms with E-state index in [4.69, 9.17) is 0 Å². The molecular weight excluding hydrogens is 168 g/mol. The van der Waals surface area contributed by atoms with Crippen molar-refractivity contribution in [1.82, 2.24) is 0 Å². The highest BCUT2D eigenvalue weighted by Gasteiger charge is 2.52. The highest BCUT2D eigenvalue weighted by atomic mass is 14.6. The second-order valence-electron chi connectivity index (χ2n) is 5.87. The summed E-state index contributed by atoms with van der Waals surface area (Å²) in [6.45, 7) is 14.4. The Morgan fingerprint density at radius 3 is 2.00 bits per heavy atom. The van der Waals surface area contributed by atoms with Gasteiger partial charge in [0.05, 0.1) is 0 Å². The molecule has 0 nitrogen and oxygen atoms in total. The third kappa shape index (κ3) is 1.99. The zero-order chi connectivity index (χ0) is 10.9. The van der Waals surface area contributed by atoms with Crippen molar-refractivity contribution >= 4 is 0 Å². The lowest BCUT2D eigenvalue weighted by Gasteiger charge is -2.33. The van der Waals surface area contributed by atoms with Crippen LogP contribution in [-0.4, -0.2) is 0 Å². The van der Waals surface area contributed by atoms with E-state index in [1.165, 1.54) is 19.3 Å². The average molecular weight is 196 g/mol. The summed E-state index contributed by atoms with van der Waals surface area (Å²) in [6.07, 6.45) is 4.08. The molecule has 0 aromatic heterocycles. The fraction of sp³-hybridized carbons (Fsp3) is 1.00. The van der Waals surface area contributed by atoms with Crippen molar-refractivity contribution in [3.63, 3.8) is 0 Å². The van der Waals surface area contributed by atoms with Gasteiger partial charge in [0.25, 0.3) is 0 Å². The van der Waals surface area contributed by atoms with Gasteiger partial charge in [0, 0.05) is 0 Å². The van der Waals surface area contributed by atoms with E-state index in [9.17, 15) is 0 Å². The summed E-state index contributed by atoms with van der Waals surface area (Å²) in [5, 5.41) is 0. The van der Waals surface area contributed by atoms with Gasteiger partial charge in [0.15, 0.2) is 0 Å². The number of hydrogen-bond donors (Lipinski definition) is 0. The Labute approximate surface area is 90.5 Å². The highest BCUT2D eigenvalue weighted by molar-refractivity contribution is 5.00. The van der Waals surface area contributed by atoms with E-state index in [0.717, 1.165) is 23.7 Å². The quantitative estimate of drug-likeness (QED) is 0.595. The van der Waals surface area contributed by atoms with Crippen LogP contribution < -0.4 is 0 Å². The molecule has 0 bridgehead atoms. The molecule has 0 heteroatoms. The van der Waals surface area contributed by atoms with Gasteiger partial charge in [-0.2, -0.15) is 0 Å². The van der Waals surface area contributed by atoms with E-state index in [-0.39, 0.29) is 0 Å². The Kier molecular flexibility index (Phi) is 3.66. The van der Waals surface area contributed by atoms with Crippen LogP contribution in [0.1, 0.15) is 60.8 Å². The third-order valence-electron chi connectivity index (χ3n) is 4.93. The SMILES string of the molecule is CCC1C(C)C1C(CC)C(C)(C)CC. The van der Waals surface area contributed by atoms with Crippen molar-refractivity contribution < 1.29 is 0 Å². The summed E-state index contributed by atoms with van der Waals surface area (Å²) >= 11 is 0. The van der Waals surface area contributed by atoms with Crippen molar-refractivity contribution in [3.05, 3.63) is 0 Å². The Balaban J connectivity index is 2.65. The molecule has 4 atom stereocenters. The molecule has 4 unspecified atom stereocenters. The predicted molar refractivity (Wildman–Crippen MR) is 64.3 cm³/mol. The van der Waals surface area contributed by atoms with Crippen molar-refractivity contribution in [1.29, 1.82) is 0 Å². The normalized spacial score (nSPS) is 34.3. The summed E-state index contributed by atoms with van der Waals surface area (Å²) in [7, 11) is 0. The van der Waals surface area contributed by atoms with Crippen molar-refractivity contribution in [2.75, 3.05) is 0 Å². The summed E-state index contributed by atoms with van der Waals surface area (Å²) in [5.74, 6) is 4.01. The first kappa shape index (κ1) is 12.1. The fourth-order valence-electron chi connectivity index (χ4n) is 3.50. The molecule has 0 saturated heterocycles. The molecule has 1 rings (SSSR count). The van der Waals surface area contributed by atoms with Crippen LogP contribution in [0, 0.1) is 29.1 Å². The van der Waals surface area contributed by atoms with Gasteiger partial charge in [0.2, 0.25) is 0 Å². The minimum Gasteiger partial charge on any atom is -0.0651 e. The largest absolute Gasteiger partial charge is 0.0651 e. The molecule has 0 aromatic rings. The van der Waals surface area contributed by atoms with E-state index in [0.29, 0.717) is 5.41 Å². The Hall–Kier alpha value is 0. The second kappa shape index (κ2) is 4.24. The maximum absolute atomic E-state index is 2.46. The fourth-order valence-corrected chi connectivity index (χ4v) is 3.50. The molecule has 0 amide bonds. The molecule has 0 radical (unpaired) electrons. The van der Waals surface area contributed by atoms with Crippen molar-refractivity contribution in [3.8, 4) is 0 Å². The smallest absolute Gasteiger partial charge is 0.0321 e. The van der Waals surface area contributed by atoms with Crippen LogP contribution in [0.5, 0.6) is 0 Å². The van der Waals surface area contributed by atoms with Crippen LogP contribution in [-0.2, 0) is 0 Å². The van der Waals surface area contributed by atoms with Gasteiger partial charge >= 0.3 is 0 Å².